The molecule has 2 heterocycles. The van der Waals surface area contributed by atoms with Crippen molar-refractivity contribution in [2.45, 2.75) is 6.42 Å². The lowest BCUT2D eigenvalue weighted by Gasteiger charge is -1.94. The normalized spacial score (nSPS) is 10.2. The van der Waals surface area contributed by atoms with Gasteiger partial charge in [-0.05, 0) is 42.0 Å². The predicted molar refractivity (Wildman–Crippen MR) is 71.5 cm³/mol. The van der Waals surface area contributed by atoms with Crippen LogP contribution in [0.2, 0.25) is 0 Å². The summed E-state index contributed by atoms with van der Waals surface area (Å²) in [6.07, 6.45) is 4.07. The van der Waals surface area contributed by atoms with E-state index < -0.39 is 0 Å². The third kappa shape index (κ3) is 2.54. The highest BCUT2D eigenvalue weighted by Gasteiger charge is 2.09. The number of pyridine rings is 1. The zero-order chi connectivity index (χ0) is 13.8. The van der Waals surface area contributed by atoms with Gasteiger partial charge in [-0.1, -0.05) is 5.16 Å². The average Bonchev–Trinajstić information content (AvgIpc) is 2.97. The highest BCUT2D eigenvalue weighted by molar-refractivity contribution is 5.54. The number of rotatable bonds is 3. The van der Waals surface area contributed by atoms with Crippen molar-refractivity contribution in [3.63, 3.8) is 0 Å². The van der Waals surface area contributed by atoms with Crippen LogP contribution in [0.4, 0.5) is 0 Å². The van der Waals surface area contributed by atoms with Gasteiger partial charge >= 0.3 is 0 Å². The molecule has 0 radical (unpaired) electrons. The molecule has 1 aromatic carbocycles. The molecule has 5 nitrogen and oxygen atoms in total. The molecule has 3 aromatic rings. The molecule has 0 N–H and O–H groups in total. The number of benzene rings is 1. The first kappa shape index (κ1) is 12.1. The minimum absolute atomic E-state index is 0.457. The standard InChI is InChI=1S/C15H10N4O/c16-10-12-1-3-13(4-2-12)15-18-14(19-20-15)9-11-5-7-17-8-6-11/h1-8H,9H2. The Balaban J connectivity index is 1.81. The van der Waals surface area contributed by atoms with Crippen LogP contribution in [0.25, 0.3) is 11.5 Å². The van der Waals surface area contributed by atoms with Crippen molar-refractivity contribution in [2.24, 2.45) is 0 Å². The lowest BCUT2D eigenvalue weighted by atomic mass is 10.1. The van der Waals surface area contributed by atoms with E-state index in [-0.39, 0.29) is 0 Å². The van der Waals surface area contributed by atoms with Crippen molar-refractivity contribution >= 4 is 0 Å². The number of nitriles is 1. The van der Waals surface area contributed by atoms with E-state index in [1.165, 1.54) is 0 Å². The van der Waals surface area contributed by atoms with Crippen LogP contribution in [-0.4, -0.2) is 15.1 Å². The molecule has 0 aliphatic rings. The minimum atomic E-state index is 0.457. The predicted octanol–water partition coefficient (Wildman–Crippen LogP) is 2.59. The van der Waals surface area contributed by atoms with E-state index in [2.05, 4.69) is 21.2 Å². The van der Waals surface area contributed by atoms with Crippen LogP contribution in [-0.2, 0) is 6.42 Å². The number of hydrogen-bond donors (Lipinski definition) is 0. The minimum Gasteiger partial charge on any atom is -0.334 e. The van der Waals surface area contributed by atoms with Crippen molar-refractivity contribution in [3.05, 3.63) is 65.7 Å². The summed E-state index contributed by atoms with van der Waals surface area (Å²) in [5, 5.41) is 12.7. The maximum atomic E-state index is 8.76. The molecule has 20 heavy (non-hydrogen) atoms. The summed E-state index contributed by atoms with van der Waals surface area (Å²) < 4.78 is 5.24. The van der Waals surface area contributed by atoms with Crippen LogP contribution in [0.3, 0.4) is 0 Å². The van der Waals surface area contributed by atoms with Crippen molar-refractivity contribution in [2.75, 3.05) is 0 Å². The summed E-state index contributed by atoms with van der Waals surface area (Å²) in [7, 11) is 0. The Morgan fingerprint density at radius 2 is 1.80 bits per heavy atom. The van der Waals surface area contributed by atoms with Crippen molar-refractivity contribution < 1.29 is 4.52 Å². The molecule has 0 aliphatic heterocycles. The van der Waals surface area contributed by atoms with E-state index in [9.17, 15) is 0 Å². The maximum absolute atomic E-state index is 8.76. The zero-order valence-corrected chi connectivity index (χ0v) is 10.5. The van der Waals surface area contributed by atoms with Crippen LogP contribution >= 0.6 is 0 Å². The monoisotopic (exact) mass is 262 g/mol. The van der Waals surface area contributed by atoms with Gasteiger partial charge in [0.2, 0.25) is 0 Å². The topological polar surface area (TPSA) is 75.6 Å². The summed E-state index contributed by atoms with van der Waals surface area (Å²) in [6.45, 7) is 0. The summed E-state index contributed by atoms with van der Waals surface area (Å²) in [5.74, 6) is 1.08. The van der Waals surface area contributed by atoms with Gasteiger partial charge in [0.15, 0.2) is 5.82 Å². The Morgan fingerprint density at radius 1 is 1.05 bits per heavy atom. The van der Waals surface area contributed by atoms with Gasteiger partial charge in [0.05, 0.1) is 11.6 Å². The maximum Gasteiger partial charge on any atom is 0.257 e. The lowest BCUT2D eigenvalue weighted by Crippen LogP contribution is -1.90. The second kappa shape index (κ2) is 5.33. The first-order valence-corrected chi connectivity index (χ1v) is 6.07. The van der Waals surface area contributed by atoms with Crippen molar-refractivity contribution in [3.8, 4) is 17.5 Å². The molecule has 0 spiro atoms. The van der Waals surface area contributed by atoms with E-state index in [0.717, 1.165) is 11.1 Å². The van der Waals surface area contributed by atoms with Crippen LogP contribution in [0, 0.1) is 11.3 Å². The summed E-state index contributed by atoms with van der Waals surface area (Å²) in [6, 6.07) is 12.9. The molecule has 0 unspecified atom stereocenters. The lowest BCUT2D eigenvalue weighted by molar-refractivity contribution is 0.424. The Morgan fingerprint density at radius 3 is 2.50 bits per heavy atom. The Bertz CT molecular complexity index is 742. The molecule has 0 aliphatic carbocycles. The van der Waals surface area contributed by atoms with Gasteiger partial charge in [0, 0.05) is 24.4 Å². The van der Waals surface area contributed by atoms with Gasteiger partial charge in [-0.25, -0.2) is 0 Å². The van der Waals surface area contributed by atoms with E-state index in [1.54, 1.807) is 36.7 Å². The largest absolute Gasteiger partial charge is 0.334 e. The van der Waals surface area contributed by atoms with E-state index in [0.29, 0.717) is 23.7 Å². The number of hydrogen-bond acceptors (Lipinski definition) is 5. The average molecular weight is 262 g/mol. The summed E-state index contributed by atoms with van der Waals surface area (Å²) in [4.78, 5) is 8.32. The van der Waals surface area contributed by atoms with Crippen LogP contribution in [0.5, 0.6) is 0 Å². The van der Waals surface area contributed by atoms with Crippen LogP contribution in [0.15, 0.2) is 53.3 Å². The smallest absolute Gasteiger partial charge is 0.257 e. The fraction of sp³-hybridized carbons (Fsp3) is 0.0667. The van der Waals surface area contributed by atoms with Crippen molar-refractivity contribution in [1.29, 1.82) is 5.26 Å². The van der Waals surface area contributed by atoms with Crippen molar-refractivity contribution in [1.82, 2.24) is 15.1 Å². The zero-order valence-electron chi connectivity index (χ0n) is 10.5. The SMILES string of the molecule is N#Cc1ccc(-c2nc(Cc3ccncc3)no2)cc1. The van der Waals surface area contributed by atoms with Gasteiger partial charge in [0.1, 0.15) is 0 Å². The molecular weight excluding hydrogens is 252 g/mol. The first-order valence-electron chi connectivity index (χ1n) is 6.07. The molecule has 0 saturated carbocycles. The molecule has 2 aromatic heterocycles. The number of nitrogens with zero attached hydrogens (tertiary/aromatic N) is 4. The summed E-state index contributed by atoms with van der Waals surface area (Å²) >= 11 is 0. The molecule has 5 heteroatoms. The van der Waals surface area contributed by atoms with E-state index >= 15 is 0 Å². The molecule has 0 fully saturated rings. The van der Waals surface area contributed by atoms with Gasteiger partial charge in [-0.2, -0.15) is 10.2 Å². The third-order valence-corrected chi connectivity index (χ3v) is 2.84. The molecule has 0 saturated heterocycles. The molecular formula is C15H10N4O. The second-order valence-corrected chi connectivity index (χ2v) is 4.24. The first-order chi connectivity index (χ1) is 9.85. The summed E-state index contributed by atoms with van der Waals surface area (Å²) in [5.41, 5.74) is 2.48. The molecule has 0 amide bonds. The van der Waals surface area contributed by atoms with Crippen LogP contribution < -0.4 is 0 Å². The molecule has 0 bridgehead atoms. The fourth-order valence-electron chi connectivity index (χ4n) is 1.81. The highest BCUT2D eigenvalue weighted by Crippen LogP contribution is 2.18. The third-order valence-electron chi connectivity index (χ3n) is 2.84. The second-order valence-electron chi connectivity index (χ2n) is 4.24. The molecule has 3 rings (SSSR count). The van der Waals surface area contributed by atoms with E-state index in [4.69, 9.17) is 9.78 Å². The fourth-order valence-corrected chi connectivity index (χ4v) is 1.81. The Hall–Kier alpha value is -3.00. The van der Waals surface area contributed by atoms with Gasteiger partial charge in [-0.3, -0.25) is 4.98 Å². The van der Waals surface area contributed by atoms with Gasteiger partial charge in [-0.15, -0.1) is 0 Å². The molecule has 96 valence electrons. The Labute approximate surface area is 115 Å². The highest BCUT2D eigenvalue weighted by atomic mass is 16.5. The van der Waals surface area contributed by atoms with Gasteiger partial charge in [0.25, 0.3) is 5.89 Å². The number of aromatic nitrogens is 3. The quantitative estimate of drug-likeness (QED) is 0.725. The van der Waals surface area contributed by atoms with Crippen LogP contribution in [0.1, 0.15) is 17.0 Å². The van der Waals surface area contributed by atoms with E-state index in [1.807, 2.05) is 12.1 Å². The van der Waals surface area contributed by atoms with Gasteiger partial charge < -0.3 is 4.52 Å². The molecule has 0 atom stereocenters. The Kier molecular flexibility index (Phi) is 3.21.